The molecular formula is C20H16N2O2S2. The van der Waals surface area contributed by atoms with Crippen molar-refractivity contribution in [1.82, 2.24) is 9.97 Å². The topological polar surface area (TPSA) is 58.9 Å². The summed E-state index contributed by atoms with van der Waals surface area (Å²) >= 11 is 3.03. The number of nitrogens with one attached hydrogen (secondary N) is 1. The van der Waals surface area contributed by atoms with Gasteiger partial charge in [0.1, 0.15) is 16.5 Å². The Morgan fingerprint density at radius 3 is 2.85 bits per heavy atom. The summed E-state index contributed by atoms with van der Waals surface area (Å²) < 4.78 is 8.46. The molecule has 0 amide bonds. The lowest BCUT2D eigenvalue weighted by atomic mass is 10.3. The van der Waals surface area contributed by atoms with Crippen LogP contribution in [-0.2, 0) is 0 Å². The van der Waals surface area contributed by atoms with E-state index in [2.05, 4.69) is 23.0 Å². The van der Waals surface area contributed by atoms with Crippen LogP contribution in [0.1, 0.15) is 35.8 Å². The summed E-state index contributed by atoms with van der Waals surface area (Å²) in [4.78, 5) is 19.8. The molecule has 0 aliphatic heterocycles. The normalized spacial score (nSPS) is 21.0. The number of nitrogens with zero attached hydrogens (tertiary/aromatic N) is 1. The molecule has 5 rings (SSSR count). The van der Waals surface area contributed by atoms with Gasteiger partial charge in [-0.2, -0.15) is 0 Å². The molecule has 1 fully saturated rings. The van der Waals surface area contributed by atoms with Gasteiger partial charge in [-0.25, -0.2) is 4.98 Å². The number of benzene rings is 1. The molecule has 1 aliphatic carbocycles. The van der Waals surface area contributed by atoms with E-state index in [1.54, 1.807) is 11.3 Å². The van der Waals surface area contributed by atoms with Gasteiger partial charge < -0.3 is 9.40 Å². The average molecular weight is 380 g/mol. The molecule has 4 aromatic rings. The molecule has 0 bridgehead atoms. The van der Waals surface area contributed by atoms with E-state index < -0.39 is 0 Å². The summed E-state index contributed by atoms with van der Waals surface area (Å²) in [6.07, 6.45) is 4.93. The number of hydrogen-bond acceptors (Lipinski definition) is 5. The third kappa shape index (κ3) is 2.95. The number of fused-ring (bicyclic) bond motifs is 1. The molecule has 1 saturated carbocycles. The molecule has 4 nitrogen and oxygen atoms in total. The molecule has 2 atom stereocenters. The molecule has 1 N–H and O–H groups in total. The quantitative estimate of drug-likeness (QED) is 0.592. The van der Waals surface area contributed by atoms with Crippen molar-refractivity contribution in [2.75, 3.05) is 0 Å². The molecule has 3 aromatic heterocycles. The minimum atomic E-state index is -0.0971. The van der Waals surface area contributed by atoms with Crippen LogP contribution >= 0.6 is 22.7 Å². The first-order valence-electron chi connectivity index (χ1n) is 8.53. The van der Waals surface area contributed by atoms with Gasteiger partial charge in [0.05, 0.1) is 19.4 Å². The Labute approximate surface area is 157 Å². The predicted octanol–water partition coefficient (Wildman–Crippen LogP) is 3.42. The Bertz CT molecular complexity index is 1240. The van der Waals surface area contributed by atoms with Crippen molar-refractivity contribution in [3.63, 3.8) is 0 Å². The van der Waals surface area contributed by atoms with Crippen LogP contribution in [0.15, 0.2) is 45.6 Å². The van der Waals surface area contributed by atoms with Gasteiger partial charge in [-0.3, -0.25) is 4.79 Å². The summed E-state index contributed by atoms with van der Waals surface area (Å²) in [6, 6.07) is 12.0. The van der Waals surface area contributed by atoms with Gasteiger partial charge in [-0.05, 0) is 36.6 Å². The molecule has 0 radical (unpaired) electrons. The predicted molar refractivity (Wildman–Crippen MR) is 106 cm³/mol. The van der Waals surface area contributed by atoms with Crippen molar-refractivity contribution in [3.8, 4) is 0 Å². The number of aromatic nitrogens is 2. The van der Waals surface area contributed by atoms with E-state index in [1.165, 1.54) is 17.8 Å². The first-order valence-corrected chi connectivity index (χ1v) is 10.2. The van der Waals surface area contributed by atoms with Crippen LogP contribution in [0.5, 0.6) is 0 Å². The second-order valence-corrected chi connectivity index (χ2v) is 8.80. The van der Waals surface area contributed by atoms with Crippen LogP contribution in [0, 0.1) is 5.92 Å². The van der Waals surface area contributed by atoms with E-state index >= 15 is 0 Å². The highest BCUT2D eigenvalue weighted by molar-refractivity contribution is 7.19. The number of hydrogen-bond donors (Lipinski definition) is 1. The zero-order valence-electron chi connectivity index (χ0n) is 14.1. The zero-order chi connectivity index (χ0) is 17.7. The molecule has 0 unspecified atom stereocenters. The van der Waals surface area contributed by atoms with E-state index in [0.717, 1.165) is 31.4 Å². The van der Waals surface area contributed by atoms with E-state index in [0.29, 0.717) is 16.4 Å². The largest absolute Gasteiger partial charge is 0.461 e. The molecule has 1 aliphatic rings. The van der Waals surface area contributed by atoms with Crippen molar-refractivity contribution in [1.29, 1.82) is 0 Å². The minimum Gasteiger partial charge on any atom is -0.461 e. The molecule has 130 valence electrons. The van der Waals surface area contributed by atoms with Crippen molar-refractivity contribution in [3.05, 3.63) is 72.5 Å². The fraction of sp³-hybridized carbons (Fsp3) is 0.200. The average Bonchev–Trinajstić information content (AvgIpc) is 2.99. The SMILES string of the molecule is C[C@@H]1C[C@@H]1c1ccc(/C=c2\s/c(=C/c3nc4ccccc4s3)[nH]c2=O)o1. The van der Waals surface area contributed by atoms with E-state index in [1.807, 2.05) is 42.5 Å². The third-order valence-corrected chi connectivity index (χ3v) is 6.59. The van der Waals surface area contributed by atoms with Crippen molar-refractivity contribution in [2.45, 2.75) is 19.3 Å². The van der Waals surface area contributed by atoms with Crippen LogP contribution < -0.4 is 14.8 Å². The number of rotatable bonds is 3. The first kappa shape index (κ1) is 15.8. The van der Waals surface area contributed by atoms with Gasteiger partial charge in [0.2, 0.25) is 0 Å². The van der Waals surface area contributed by atoms with Crippen LogP contribution in [-0.4, -0.2) is 9.97 Å². The molecule has 6 heteroatoms. The zero-order valence-corrected chi connectivity index (χ0v) is 15.7. The highest BCUT2D eigenvalue weighted by Crippen LogP contribution is 2.47. The number of para-hydroxylation sites is 1. The van der Waals surface area contributed by atoms with E-state index in [-0.39, 0.29) is 5.56 Å². The summed E-state index contributed by atoms with van der Waals surface area (Å²) in [5.74, 6) is 3.01. The summed E-state index contributed by atoms with van der Waals surface area (Å²) in [6.45, 7) is 2.23. The number of thiazole rings is 2. The van der Waals surface area contributed by atoms with Crippen LogP contribution in [0.4, 0.5) is 0 Å². The Hall–Kier alpha value is -2.44. The maximum Gasteiger partial charge on any atom is 0.266 e. The van der Waals surface area contributed by atoms with Gasteiger partial charge in [-0.15, -0.1) is 22.7 Å². The van der Waals surface area contributed by atoms with Crippen LogP contribution in [0.2, 0.25) is 0 Å². The van der Waals surface area contributed by atoms with Gasteiger partial charge in [0, 0.05) is 18.1 Å². The number of furan rings is 1. The Morgan fingerprint density at radius 2 is 2.04 bits per heavy atom. The first-order chi connectivity index (χ1) is 12.7. The summed E-state index contributed by atoms with van der Waals surface area (Å²) in [5, 5.41) is 0.887. The van der Waals surface area contributed by atoms with Gasteiger partial charge in [-0.1, -0.05) is 19.1 Å². The lowest BCUT2D eigenvalue weighted by molar-refractivity contribution is 0.497. The standard InChI is InChI=1S/C20H16N2O2S2/c1-11-8-13(11)15-7-6-12(24-15)9-17-20(23)22-19(26-17)10-18-21-14-4-2-3-5-16(14)25-18/h2-7,9-11,13H,8H2,1H3,(H,22,23)/b17-9-,19-10+/t11-,13+/m1/s1. The Morgan fingerprint density at radius 1 is 1.19 bits per heavy atom. The maximum absolute atomic E-state index is 12.3. The fourth-order valence-corrected chi connectivity index (χ4v) is 4.94. The van der Waals surface area contributed by atoms with Crippen molar-refractivity contribution < 1.29 is 4.42 Å². The fourth-order valence-electron chi connectivity index (χ4n) is 3.08. The highest BCUT2D eigenvalue weighted by atomic mass is 32.1. The van der Waals surface area contributed by atoms with E-state index in [9.17, 15) is 4.79 Å². The third-order valence-electron chi connectivity index (χ3n) is 4.64. The van der Waals surface area contributed by atoms with Crippen molar-refractivity contribution in [2.24, 2.45) is 5.92 Å². The van der Waals surface area contributed by atoms with Gasteiger partial charge >= 0.3 is 0 Å². The smallest absolute Gasteiger partial charge is 0.266 e. The second-order valence-electron chi connectivity index (χ2n) is 6.65. The number of H-pyrrole nitrogens is 1. The van der Waals surface area contributed by atoms with Crippen molar-refractivity contribution >= 4 is 45.0 Å². The molecule has 1 aromatic carbocycles. The Kier molecular flexibility index (Phi) is 3.69. The lowest BCUT2D eigenvalue weighted by Gasteiger charge is -1.89. The number of aromatic amines is 1. The van der Waals surface area contributed by atoms with E-state index in [4.69, 9.17) is 4.42 Å². The molecule has 0 spiro atoms. The molecule has 26 heavy (non-hydrogen) atoms. The summed E-state index contributed by atoms with van der Waals surface area (Å²) in [5.41, 5.74) is 0.881. The molecule has 0 saturated heterocycles. The van der Waals surface area contributed by atoms with Gasteiger partial charge in [0.25, 0.3) is 5.56 Å². The summed E-state index contributed by atoms with van der Waals surface area (Å²) in [7, 11) is 0. The van der Waals surface area contributed by atoms with Crippen LogP contribution in [0.3, 0.4) is 0 Å². The monoisotopic (exact) mass is 380 g/mol. The van der Waals surface area contributed by atoms with Crippen LogP contribution in [0.25, 0.3) is 22.4 Å². The molecule has 3 heterocycles. The minimum absolute atomic E-state index is 0.0971. The highest BCUT2D eigenvalue weighted by Gasteiger charge is 2.36. The van der Waals surface area contributed by atoms with Gasteiger partial charge in [0.15, 0.2) is 0 Å². The maximum atomic E-state index is 12.3. The lowest BCUT2D eigenvalue weighted by Crippen LogP contribution is -2.19. The second kappa shape index (κ2) is 6.07. The Balaban J connectivity index is 1.51. The molecular weight excluding hydrogens is 364 g/mol.